The predicted molar refractivity (Wildman–Crippen MR) is 84.7 cm³/mol. The molecular weight excluding hydrogens is 320 g/mol. The predicted octanol–water partition coefficient (Wildman–Crippen LogP) is -2.46. The number of carboxylic acids is 1. The third-order valence-corrected chi connectivity index (χ3v) is 3.25. The number of nitrogens with one attached hydrogen (secondary N) is 3. The van der Waals surface area contributed by atoms with Crippen LogP contribution >= 0.6 is 0 Å². The van der Waals surface area contributed by atoms with Gasteiger partial charge in [-0.05, 0) is 19.8 Å². The van der Waals surface area contributed by atoms with Crippen LogP contribution in [0.3, 0.4) is 0 Å². The number of hydrogen-bond donors (Lipinski definition) is 6. The van der Waals surface area contributed by atoms with E-state index in [4.69, 9.17) is 10.8 Å². The van der Waals surface area contributed by atoms with E-state index in [1.807, 2.05) is 0 Å². The molecule has 4 atom stereocenters. The Labute approximate surface area is 140 Å². The Morgan fingerprint density at radius 2 is 1.42 bits per heavy atom. The maximum Gasteiger partial charge on any atom is 0.326 e. The lowest BCUT2D eigenvalue weighted by atomic mass is 10.0. The Kier molecular flexibility index (Phi) is 8.93. The molecule has 4 unspecified atom stereocenters. The van der Waals surface area contributed by atoms with Crippen LogP contribution in [0.1, 0.15) is 27.7 Å². The van der Waals surface area contributed by atoms with E-state index in [-0.39, 0.29) is 12.5 Å². The van der Waals surface area contributed by atoms with E-state index in [9.17, 15) is 24.3 Å². The largest absolute Gasteiger partial charge is 0.480 e. The fourth-order valence-electron chi connectivity index (χ4n) is 1.81. The van der Waals surface area contributed by atoms with E-state index >= 15 is 0 Å². The number of carboxylic acid groups (broad SMARTS) is 1. The van der Waals surface area contributed by atoms with Gasteiger partial charge in [0, 0.05) is 0 Å². The summed E-state index contributed by atoms with van der Waals surface area (Å²) >= 11 is 0. The zero-order chi connectivity index (χ0) is 19.0. The molecule has 3 amide bonds. The minimum atomic E-state index is -1.37. The maximum absolute atomic E-state index is 12.2. The van der Waals surface area contributed by atoms with Crippen molar-refractivity contribution in [2.24, 2.45) is 11.7 Å². The Balaban J connectivity index is 4.97. The minimum Gasteiger partial charge on any atom is -0.480 e. The Morgan fingerprint density at radius 3 is 1.79 bits per heavy atom. The van der Waals surface area contributed by atoms with Crippen molar-refractivity contribution in [2.45, 2.75) is 51.9 Å². The van der Waals surface area contributed by atoms with Crippen LogP contribution in [0.5, 0.6) is 0 Å². The molecule has 138 valence electrons. The summed E-state index contributed by atoms with van der Waals surface area (Å²) in [6.07, 6.45) is -1.27. The number of rotatable bonds is 9. The number of aliphatic hydroxyl groups is 1. The van der Waals surface area contributed by atoms with Gasteiger partial charge >= 0.3 is 5.97 Å². The maximum atomic E-state index is 12.2. The molecule has 10 nitrogen and oxygen atoms in total. The fraction of sp³-hybridized carbons (Fsp3) is 0.714. The molecule has 10 heteroatoms. The second-order valence-electron chi connectivity index (χ2n) is 5.79. The highest BCUT2D eigenvalue weighted by molar-refractivity contribution is 5.93. The monoisotopic (exact) mass is 346 g/mol. The number of carbonyl (C=O) groups excluding carboxylic acids is 3. The molecule has 0 spiro atoms. The molecule has 0 rings (SSSR count). The average molecular weight is 346 g/mol. The Bertz CT molecular complexity index is 480. The highest BCUT2D eigenvalue weighted by atomic mass is 16.4. The van der Waals surface area contributed by atoms with Gasteiger partial charge in [-0.2, -0.15) is 0 Å². The molecule has 0 heterocycles. The van der Waals surface area contributed by atoms with Gasteiger partial charge < -0.3 is 31.9 Å². The average Bonchev–Trinajstić information content (AvgIpc) is 2.48. The van der Waals surface area contributed by atoms with Gasteiger partial charge in [0.2, 0.25) is 17.7 Å². The first-order valence-corrected chi connectivity index (χ1v) is 7.52. The molecule has 0 saturated carbocycles. The fourth-order valence-corrected chi connectivity index (χ4v) is 1.81. The molecule has 0 fully saturated rings. The topological polar surface area (TPSA) is 171 Å². The van der Waals surface area contributed by atoms with E-state index in [0.717, 1.165) is 0 Å². The zero-order valence-electron chi connectivity index (χ0n) is 14.2. The first kappa shape index (κ1) is 21.8. The smallest absolute Gasteiger partial charge is 0.326 e. The second-order valence-corrected chi connectivity index (χ2v) is 5.79. The lowest BCUT2D eigenvalue weighted by molar-refractivity contribution is -0.144. The molecule has 0 aliphatic carbocycles. The third kappa shape index (κ3) is 6.92. The van der Waals surface area contributed by atoms with E-state index in [1.165, 1.54) is 13.8 Å². The van der Waals surface area contributed by atoms with Crippen molar-refractivity contribution in [3.8, 4) is 0 Å². The summed E-state index contributed by atoms with van der Waals surface area (Å²) in [5.41, 5.74) is 5.13. The van der Waals surface area contributed by atoms with E-state index < -0.39 is 47.9 Å². The number of amides is 3. The van der Waals surface area contributed by atoms with Gasteiger partial charge in [-0.15, -0.1) is 0 Å². The summed E-state index contributed by atoms with van der Waals surface area (Å²) in [6, 6.07) is -3.50. The molecular formula is C14H26N4O6. The van der Waals surface area contributed by atoms with Crippen molar-refractivity contribution < 1.29 is 29.4 Å². The summed E-state index contributed by atoms with van der Waals surface area (Å²) in [7, 11) is 0. The SMILES string of the molecule is CC(NC(=O)CN)C(=O)NC(C(=O)NC(C(=O)O)C(C)C)C(C)O. The molecule has 7 N–H and O–H groups in total. The minimum absolute atomic E-state index is 0.299. The lowest BCUT2D eigenvalue weighted by Gasteiger charge is -2.26. The van der Waals surface area contributed by atoms with Crippen molar-refractivity contribution in [2.75, 3.05) is 6.54 Å². The summed E-state index contributed by atoms with van der Waals surface area (Å²) in [6.45, 7) is 5.58. The van der Waals surface area contributed by atoms with Gasteiger partial charge in [-0.3, -0.25) is 14.4 Å². The molecule has 0 aliphatic heterocycles. The van der Waals surface area contributed by atoms with Crippen molar-refractivity contribution in [3.05, 3.63) is 0 Å². The number of aliphatic carboxylic acids is 1. The lowest BCUT2D eigenvalue weighted by Crippen LogP contribution is -2.59. The van der Waals surface area contributed by atoms with Gasteiger partial charge in [0.25, 0.3) is 0 Å². The number of nitrogens with two attached hydrogens (primary N) is 1. The molecule has 0 aromatic carbocycles. The van der Waals surface area contributed by atoms with Gasteiger partial charge in [0.15, 0.2) is 0 Å². The number of aliphatic hydroxyl groups excluding tert-OH is 1. The van der Waals surface area contributed by atoms with Crippen LogP contribution in [-0.4, -0.2) is 64.7 Å². The van der Waals surface area contributed by atoms with Gasteiger partial charge in [-0.1, -0.05) is 13.8 Å². The second kappa shape index (κ2) is 9.83. The van der Waals surface area contributed by atoms with Crippen LogP contribution in [0.4, 0.5) is 0 Å². The van der Waals surface area contributed by atoms with E-state index in [1.54, 1.807) is 13.8 Å². The standard InChI is InChI=1S/C14H26N4O6/c1-6(2)10(14(23)24)17-13(22)11(8(4)19)18-12(21)7(3)16-9(20)5-15/h6-8,10-11,19H,5,15H2,1-4H3,(H,16,20)(H,17,22)(H,18,21)(H,23,24). The Morgan fingerprint density at radius 1 is 0.917 bits per heavy atom. The van der Waals surface area contributed by atoms with Gasteiger partial charge in [0.05, 0.1) is 12.6 Å². The molecule has 24 heavy (non-hydrogen) atoms. The summed E-state index contributed by atoms with van der Waals surface area (Å²) in [5.74, 6) is -3.72. The Hall–Kier alpha value is -2.20. The van der Waals surface area contributed by atoms with Crippen LogP contribution in [0.2, 0.25) is 0 Å². The van der Waals surface area contributed by atoms with Crippen molar-refractivity contribution in [1.29, 1.82) is 0 Å². The van der Waals surface area contributed by atoms with Crippen LogP contribution in [0.25, 0.3) is 0 Å². The quantitative estimate of drug-likeness (QED) is 0.269. The summed E-state index contributed by atoms with van der Waals surface area (Å²) in [5, 5.41) is 25.6. The van der Waals surface area contributed by atoms with E-state index in [2.05, 4.69) is 16.0 Å². The first-order chi connectivity index (χ1) is 11.0. The van der Waals surface area contributed by atoms with Crippen molar-refractivity contribution >= 4 is 23.7 Å². The van der Waals surface area contributed by atoms with Crippen molar-refractivity contribution in [1.82, 2.24) is 16.0 Å². The number of carbonyl (C=O) groups is 4. The van der Waals surface area contributed by atoms with E-state index in [0.29, 0.717) is 0 Å². The molecule has 0 saturated heterocycles. The highest BCUT2D eigenvalue weighted by Gasteiger charge is 2.32. The zero-order valence-corrected chi connectivity index (χ0v) is 14.2. The van der Waals surface area contributed by atoms with Gasteiger partial charge in [0.1, 0.15) is 18.1 Å². The van der Waals surface area contributed by atoms with Crippen LogP contribution in [-0.2, 0) is 19.2 Å². The molecule has 0 aliphatic rings. The van der Waals surface area contributed by atoms with Crippen LogP contribution in [0, 0.1) is 5.92 Å². The van der Waals surface area contributed by atoms with Crippen LogP contribution < -0.4 is 21.7 Å². The number of hydrogen-bond acceptors (Lipinski definition) is 6. The molecule has 0 aromatic heterocycles. The normalized spacial score (nSPS) is 15.8. The highest BCUT2D eigenvalue weighted by Crippen LogP contribution is 2.04. The summed E-state index contributed by atoms with van der Waals surface area (Å²) in [4.78, 5) is 46.5. The molecule has 0 bridgehead atoms. The van der Waals surface area contributed by atoms with Gasteiger partial charge in [-0.25, -0.2) is 4.79 Å². The van der Waals surface area contributed by atoms with Crippen LogP contribution in [0.15, 0.2) is 0 Å². The molecule has 0 aromatic rings. The van der Waals surface area contributed by atoms with Crippen molar-refractivity contribution in [3.63, 3.8) is 0 Å². The first-order valence-electron chi connectivity index (χ1n) is 7.52. The molecule has 0 radical (unpaired) electrons. The summed E-state index contributed by atoms with van der Waals surface area (Å²) < 4.78 is 0. The third-order valence-electron chi connectivity index (χ3n) is 3.25.